The van der Waals surface area contributed by atoms with Gasteiger partial charge in [0.25, 0.3) is 0 Å². The second-order valence-electron chi connectivity index (χ2n) is 11.1. The molecule has 0 aromatic heterocycles. The molecule has 7 unspecified atom stereocenters. The maximum atomic E-state index is 11.5. The van der Waals surface area contributed by atoms with Crippen molar-refractivity contribution >= 4 is 0 Å². The van der Waals surface area contributed by atoms with E-state index in [-0.39, 0.29) is 17.6 Å². The predicted octanol–water partition coefficient (Wildman–Crippen LogP) is 5.41. The summed E-state index contributed by atoms with van der Waals surface area (Å²) in [5.74, 6) is 3.49. The third-order valence-corrected chi connectivity index (χ3v) is 10.2. The first-order valence-electron chi connectivity index (χ1n) is 11.7. The summed E-state index contributed by atoms with van der Waals surface area (Å²) in [6.07, 6.45) is 12.0. The van der Waals surface area contributed by atoms with Crippen molar-refractivity contribution in [3.63, 3.8) is 0 Å². The molecule has 0 heterocycles. The Bertz CT molecular complexity index is 518. The number of aliphatic hydroxyl groups excluding tert-OH is 2. The molecule has 26 heavy (non-hydrogen) atoms. The Kier molecular flexibility index (Phi) is 5.01. The highest BCUT2D eigenvalue weighted by Crippen LogP contribution is 2.68. The summed E-state index contributed by atoms with van der Waals surface area (Å²) in [4.78, 5) is 0. The summed E-state index contributed by atoms with van der Waals surface area (Å²) in [6.45, 7) is 9.61. The molecule has 10 atom stereocenters. The third kappa shape index (κ3) is 2.57. The Balaban J connectivity index is 1.67. The molecule has 4 aliphatic carbocycles. The van der Waals surface area contributed by atoms with Crippen molar-refractivity contribution in [2.75, 3.05) is 0 Å². The molecule has 0 aliphatic heterocycles. The highest BCUT2D eigenvalue weighted by Gasteiger charge is 2.65. The lowest BCUT2D eigenvalue weighted by molar-refractivity contribution is -0.201. The normalized spacial score (nSPS) is 54.9. The van der Waals surface area contributed by atoms with Gasteiger partial charge in [0.05, 0.1) is 12.2 Å². The zero-order chi connectivity index (χ0) is 18.7. The minimum Gasteiger partial charge on any atom is -0.393 e. The Hall–Kier alpha value is -0.0800. The molecular weight excluding hydrogens is 320 g/mol. The summed E-state index contributed by atoms with van der Waals surface area (Å²) >= 11 is 0. The van der Waals surface area contributed by atoms with E-state index in [2.05, 4.69) is 27.7 Å². The monoisotopic (exact) mass is 362 g/mol. The molecule has 4 rings (SSSR count). The number of fused-ring (bicyclic) bond motifs is 5. The van der Waals surface area contributed by atoms with Crippen molar-refractivity contribution < 1.29 is 10.2 Å². The lowest BCUT2D eigenvalue weighted by Gasteiger charge is -2.63. The van der Waals surface area contributed by atoms with E-state index in [1.54, 1.807) is 0 Å². The Morgan fingerprint density at radius 2 is 1.77 bits per heavy atom. The fourth-order valence-electron chi connectivity index (χ4n) is 8.84. The first-order chi connectivity index (χ1) is 12.3. The second-order valence-corrected chi connectivity index (χ2v) is 11.1. The topological polar surface area (TPSA) is 40.5 Å². The molecule has 150 valence electrons. The SMILES string of the molecule is CCCC(C)C1CC[C@H]2[C@@H]3C(O)C[C@@H]4CCCCC4(C)C3CC(O)C12C. The van der Waals surface area contributed by atoms with Gasteiger partial charge in [-0.25, -0.2) is 0 Å². The van der Waals surface area contributed by atoms with Gasteiger partial charge in [0.2, 0.25) is 0 Å². The lowest BCUT2D eigenvalue weighted by atomic mass is 9.43. The Morgan fingerprint density at radius 3 is 2.50 bits per heavy atom. The third-order valence-electron chi connectivity index (χ3n) is 10.2. The van der Waals surface area contributed by atoms with Gasteiger partial charge in [-0.3, -0.25) is 0 Å². The molecule has 0 amide bonds. The van der Waals surface area contributed by atoms with E-state index in [0.29, 0.717) is 40.9 Å². The smallest absolute Gasteiger partial charge is 0.0602 e. The highest BCUT2D eigenvalue weighted by molar-refractivity contribution is 5.14. The van der Waals surface area contributed by atoms with E-state index in [1.807, 2.05) is 0 Å². The van der Waals surface area contributed by atoms with Crippen molar-refractivity contribution in [3.8, 4) is 0 Å². The molecule has 4 saturated carbocycles. The average Bonchev–Trinajstić information content (AvgIpc) is 2.95. The molecule has 0 spiro atoms. The van der Waals surface area contributed by atoms with Gasteiger partial charge in [-0.15, -0.1) is 0 Å². The molecular formula is C24H42O2. The van der Waals surface area contributed by atoms with E-state index < -0.39 is 0 Å². The van der Waals surface area contributed by atoms with Crippen LogP contribution < -0.4 is 0 Å². The lowest BCUT2D eigenvalue weighted by Crippen LogP contribution is -2.61. The first-order valence-corrected chi connectivity index (χ1v) is 11.7. The van der Waals surface area contributed by atoms with Crippen LogP contribution in [0.25, 0.3) is 0 Å². The van der Waals surface area contributed by atoms with E-state index in [4.69, 9.17) is 0 Å². The van der Waals surface area contributed by atoms with Crippen LogP contribution in [0, 0.1) is 46.3 Å². The zero-order valence-corrected chi connectivity index (χ0v) is 17.6. The standard InChI is InChI=1S/C24H42O2/c1-5-8-15(2)17-10-11-18-22-19(14-21(26)24(17,18)4)23(3)12-7-6-9-16(23)13-20(22)25/h15-22,25-26H,5-14H2,1-4H3/t15?,16-,17?,18-,19?,20?,21?,22-,23?,24?/m0/s1. The van der Waals surface area contributed by atoms with Crippen LogP contribution >= 0.6 is 0 Å². The molecule has 0 saturated heterocycles. The second kappa shape index (κ2) is 6.76. The van der Waals surface area contributed by atoms with Crippen LogP contribution in [0.5, 0.6) is 0 Å². The fraction of sp³-hybridized carbons (Fsp3) is 1.00. The van der Waals surface area contributed by atoms with Gasteiger partial charge in [-0.2, -0.15) is 0 Å². The van der Waals surface area contributed by atoms with Gasteiger partial charge < -0.3 is 10.2 Å². The van der Waals surface area contributed by atoms with Gasteiger partial charge in [-0.1, -0.05) is 53.4 Å². The van der Waals surface area contributed by atoms with Gasteiger partial charge in [-0.05, 0) is 84.9 Å². The summed E-state index contributed by atoms with van der Waals surface area (Å²) in [5.41, 5.74) is 0.381. The van der Waals surface area contributed by atoms with Crippen molar-refractivity contribution in [2.24, 2.45) is 46.3 Å². The van der Waals surface area contributed by atoms with E-state index >= 15 is 0 Å². The van der Waals surface area contributed by atoms with Crippen molar-refractivity contribution in [1.29, 1.82) is 0 Å². The Labute approximate surface area is 161 Å². The molecule has 0 bridgehead atoms. The maximum absolute atomic E-state index is 11.5. The molecule has 2 nitrogen and oxygen atoms in total. The molecule has 4 aliphatic rings. The van der Waals surface area contributed by atoms with Gasteiger partial charge in [0.15, 0.2) is 0 Å². The van der Waals surface area contributed by atoms with Crippen molar-refractivity contribution in [2.45, 2.75) is 104 Å². The van der Waals surface area contributed by atoms with Crippen LogP contribution in [0.1, 0.15) is 91.9 Å². The minimum absolute atomic E-state index is 0.0224. The largest absolute Gasteiger partial charge is 0.393 e. The molecule has 0 aromatic carbocycles. The quantitative estimate of drug-likeness (QED) is 0.704. The van der Waals surface area contributed by atoms with Crippen LogP contribution in [-0.4, -0.2) is 22.4 Å². The molecule has 2 heteroatoms. The number of hydrogen-bond donors (Lipinski definition) is 2. The highest BCUT2D eigenvalue weighted by atomic mass is 16.3. The van der Waals surface area contributed by atoms with Gasteiger partial charge >= 0.3 is 0 Å². The number of hydrogen-bond acceptors (Lipinski definition) is 2. The maximum Gasteiger partial charge on any atom is 0.0602 e. The fourth-order valence-corrected chi connectivity index (χ4v) is 8.84. The molecule has 0 aromatic rings. The average molecular weight is 363 g/mol. The number of aliphatic hydroxyl groups is 2. The van der Waals surface area contributed by atoms with Crippen LogP contribution in [-0.2, 0) is 0 Å². The van der Waals surface area contributed by atoms with E-state index in [1.165, 1.54) is 51.4 Å². The van der Waals surface area contributed by atoms with Gasteiger partial charge in [0, 0.05) is 0 Å². The van der Waals surface area contributed by atoms with E-state index in [0.717, 1.165) is 12.8 Å². The summed E-state index contributed by atoms with van der Waals surface area (Å²) in [7, 11) is 0. The zero-order valence-electron chi connectivity index (χ0n) is 17.6. The summed E-state index contributed by atoms with van der Waals surface area (Å²) < 4.78 is 0. The van der Waals surface area contributed by atoms with Gasteiger partial charge in [0.1, 0.15) is 0 Å². The number of rotatable bonds is 3. The van der Waals surface area contributed by atoms with Crippen LogP contribution in [0.3, 0.4) is 0 Å². The molecule has 4 fully saturated rings. The van der Waals surface area contributed by atoms with E-state index in [9.17, 15) is 10.2 Å². The van der Waals surface area contributed by atoms with Crippen LogP contribution in [0.2, 0.25) is 0 Å². The minimum atomic E-state index is -0.176. The van der Waals surface area contributed by atoms with Crippen molar-refractivity contribution in [1.82, 2.24) is 0 Å². The Morgan fingerprint density at radius 1 is 1.00 bits per heavy atom. The van der Waals surface area contributed by atoms with Crippen LogP contribution in [0.15, 0.2) is 0 Å². The summed E-state index contributed by atoms with van der Waals surface area (Å²) in [6, 6.07) is 0. The predicted molar refractivity (Wildman–Crippen MR) is 107 cm³/mol. The molecule has 0 radical (unpaired) electrons. The first kappa shape index (κ1) is 19.2. The summed E-state index contributed by atoms with van der Waals surface area (Å²) in [5, 5.41) is 22.7. The van der Waals surface area contributed by atoms with Crippen LogP contribution in [0.4, 0.5) is 0 Å². The molecule has 2 N–H and O–H groups in total. The van der Waals surface area contributed by atoms with Crippen molar-refractivity contribution in [3.05, 3.63) is 0 Å².